The Balaban J connectivity index is 1.56. The number of rotatable bonds is 5. The van der Waals surface area contributed by atoms with Crippen LogP contribution in [0.5, 0.6) is 5.75 Å². The van der Waals surface area contributed by atoms with Crippen molar-refractivity contribution in [2.45, 2.75) is 39.8 Å². The molecule has 2 heterocycles. The molecular formula is C19H25N3O3. The third-order valence-corrected chi connectivity index (χ3v) is 4.66. The average Bonchev–Trinajstić information content (AvgIpc) is 2.93. The van der Waals surface area contributed by atoms with Crippen LogP contribution in [-0.2, 0) is 17.8 Å². The van der Waals surface area contributed by atoms with E-state index in [1.54, 1.807) is 0 Å². The van der Waals surface area contributed by atoms with Gasteiger partial charge in [0.05, 0.1) is 17.7 Å². The summed E-state index contributed by atoms with van der Waals surface area (Å²) in [6, 6.07) is 7.96. The first-order valence-electron chi connectivity index (χ1n) is 8.68. The minimum Gasteiger partial charge on any atom is -0.489 e. The predicted molar refractivity (Wildman–Crippen MR) is 94.5 cm³/mol. The van der Waals surface area contributed by atoms with Gasteiger partial charge < -0.3 is 19.5 Å². The first-order chi connectivity index (χ1) is 12.0. The largest absolute Gasteiger partial charge is 0.489 e. The lowest BCUT2D eigenvalue weighted by Crippen LogP contribution is -2.52. The molecule has 3 rings (SSSR count). The minimum absolute atomic E-state index is 0.179. The van der Waals surface area contributed by atoms with Gasteiger partial charge in [0.25, 0.3) is 0 Å². The van der Waals surface area contributed by atoms with Crippen molar-refractivity contribution in [1.82, 2.24) is 15.4 Å². The third kappa shape index (κ3) is 4.20. The summed E-state index contributed by atoms with van der Waals surface area (Å²) >= 11 is 0. The van der Waals surface area contributed by atoms with Gasteiger partial charge in [0.1, 0.15) is 18.1 Å². The highest BCUT2D eigenvalue weighted by molar-refractivity contribution is 5.79. The van der Waals surface area contributed by atoms with Crippen LogP contribution >= 0.6 is 0 Å². The zero-order valence-electron chi connectivity index (χ0n) is 15.0. The van der Waals surface area contributed by atoms with Gasteiger partial charge in [-0.05, 0) is 38.5 Å². The number of amides is 1. The molecule has 1 aliphatic rings. The van der Waals surface area contributed by atoms with E-state index in [0.29, 0.717) is 13.0 Å². The van der Waals surface area contributed by atoms with Gasteiger partial charge in [0, 0.05) is 25.7 Å². The topological polar surface area (TPSA) is 67.6 Å². The van der Waals surface area contributed by atoms with Crippen LogP contribution in [0, 0.1) is 13.8 Å². The molecule has 0 saturated carbocycles. The number of aromatic nitrogens is 1. The number of benzene rings is 1. The Hall–Kier alpha value is -2.34. The summed E-state index contributed by atoms with van der Waals surface area (Å²) in [7, 11) is 0. The Labute approximate surface area is 148 Å². The number of carbonyl (C=O) groups excluding carboxylic acids is 1. The molecule has 0 bridgehead atoms. The van der Waals surface area contributed by atoms with Crippen LogP contribution in [0.25, 0.3) is 0 Å². The first-order valence-corrected chi connectivity index (χ1v) is 8.68. The number of piperazine rings is 1. The van der Waals surface area contributed by atoms with Gasteiger partial charge in [-0.25, -0.2) is 0 Å². The molecule has 2 aromatic rings. The highest BCUT2D eigenvalue weighted by Gasteiger charge is 2.22. The van der Waals surface area contributed by atoms with E-state index >= 15 is 0 Å². The molecule has 1 fully saturated rings. The van der Waals surface area contributed by atoms with Crippen molar-refractivity contribution in [3.63, 3.8) is 0 Å². The molecule has 1 aliphatic heterocycles. The summed E-state index contributed by atoms with van der Waals surface area (Å²) in [5.74, 6) is 1.73. The molecule has 1 amide bonds. The second-order valence-electron chi connectivity index (χ2n) is 6.55. The molecule has 6 nitrogen and oxygen atoms in total. The van der Waals surface area contributed by atoms with Crippen LogP contribution in [0.4, 0.5) is 0 Å². The highest BCUT2D eigenvalue weighted by atomic mass is 16.5. The van der Waals surface area contributed by atoms with E-state index in [1.807, 2.05) is 43.0 Å². The zero-order valence-corrected chi connectivity index (χ0v) is 15.0. The molecule has 1 aromatic heterocycles. The third-order valence-electron chi connectivity index (χ3n) is 4.66. The molecule has 0 aliphatic carbocycles. The van der Waals surface area contributed by atoms with E-state index in [1.165, 1.54) is 0 Å². The fourth-order valence-electron chi connectivity index (χ4n) is 3.05. The lowest BCUT2D eigenvalue weighted by atomic mass is 10.1. The Morgan fingerprint density at radius 2 is 2.12 bits per heavy atom. The van der Waals surface area contributed by atoms with Crippen LogP contribution in [0.1, 0.15) is 29.5 Å². The van der Waals surface area contributed by atoms with Crippen LogP contribution in [0.3, 0.4) is 0 Å². The van der Waals surface area contributed by atoms with Crippen LogP contribution in [0.15, 0.2) is 28.8 Å². The maximum absolute atomic E-state index is 12.5. The summed E-state index contributed by atoms with van der Waals surface area (Å²) in [5.41, 5.74) is 2.83. The summed E-state index contributed by atoms with van der Waals surface area (Å²) in [6.07, 6.45) is 0.425. The second kappa shape index (κ2) is 7.70. The van der Waals surface area contributed by atoms with Crippen molar-refractivity contribution >= 4 is 5.91 Å². The molecule has 1 aromatic carbocycles. The summed E-state index contributed by atoms with van der Waals surface area (Å²) in [6.45, 7) is 8.79. The summed E-state index contributed by atoms with van der Waals surface area (Å²) in [4.78, 5) is 14.4. The van der Waals surface area contributed by atoms with Crippen molar-refractivity contribution < 1.29 is 14.1 Å². The highest BCUT2D eigenvalue weighted by Crippen LogP contribution is 2.18. The lowest BCUT2D eigenvalue weighted by Gasteiger charge is -2.34. The van der Waals surface area contributed by atoms with E-state index in [-0.39, 0.29) is 11.9 Å². The molecule has 1 unspecified atom stereocenters. The van der Waals surface area contributed by atoms with Gasteiger partial charge in [-0.2, -0.15) is 0 Å². The Morgan fingerprint density at radius 1 is 1.36 bits per heavy atom. The van der Waals surface area contributed by atoms with Gasteiger partial charge in [0.2, 0.25) is 5.91 Å². The standard InChI is InChI=1S/C19H25N3O3/c1-13-11-20-8-9-22(13)19(23)10-16-4-6-17(7-5-16)24-12-18-14(2)21-25-15(18)3/h4-7,13,20H,8-12H2,1-3H3. The van der Waals surface area contributed by atoms with Gasteiger partial charge in [-0.15, -0.1) is 0 Å². The van der Waals surface area contributed by atoms with Crippen molar-refractivity contribution in [2.24, 2.45) is 0 Å². The van der Waals surface area contributed by atoms with Crippen LogP contribution in [0.2, 0.25) is 0 Å². The number of ether oxygens (including phenoxy) is 1. The minimum atomic E-state index is 0.179. The number of nitrogens with zero attached hydrogens (tertiary/aromatic N) is 2. The Morgan fingerprint density at radius 3 is 2.76 bits per heavy atom. The van der Waals surface area contributed by atoms with Gasteiger partial charge >= 0.3 is 0 Å². The van der Waals surface area contributed by atoms with E-state index < -0.39 is 0 Å². The number of carbonyl (C=O) groups is 1. The number of aryl methyl sites for hydroxylation is 2. The van der Waals surface area contributed by atoms with Gasteiger partial charge in [-0.3, -0.25) is 4.79 Å². The van der Waals surface area contributed by atoms with Crippen LogP contribution < -0.4 is 10.1 Å². The number of hydrogen-bond donors (Lipinski definition) is 1. The zero-order chi connectivity index (χ0) is 17.8. The molecule has 0 radical (unpaired) electrons. The summed E-state index contributed by atoms with van der Waals surface area (Å²) < 4.78 is 10.9. The fourth-order valence-corrected chi connectivity index (χ4v) is 3.05. The molecule has 25 heavy (non-hydrogen) atoms. The van der Waals surface area contributed by atoms with Crippen molar-refractivity contribution in [1.29, 1.82) is 0 Å². The molecule has 1 saturated heterocycles. The van der Waals surface area contributed by atoms with E-state index in [2.05, 4.69) is 17.4 Å². The van der Waals surface area contributed by atoms with E-state index in [9.17, 15) is 4.79 Å². The fraction of sp³-hybridized carbons (Fsp3) is 0.474. The first kappa shape index (κ1) is 17.5. The lowest BCUT2D eigenvalue weighted by molar-refractivity contribution is -0.133. The van der Waals surface area contributed by atoms with Crippen molar-refractivity contribution in [3.8, 4) is 5.75 Å². The average molecular weight is 343 g/mol. The maximum atomic E-state index is 12.5. The molecule has 134 valence electrons. The van der Waals surface area contributed by atoms with E-state index in [4.69, 9.17) is 9.26 Å². The normalized spacial score (nSPS) is 17.6. The van der Waals surface area contributed by atoms with Crippen molar-refractivity contribution in [3.05, 3.63) is 46.8 Å². The van der Waals surface area contributed by atoms with Crippen molar-refractivity contribution in [2.75, 3.05) is 19.6 Å². The maximum Gasteiger partial charge on any atom is 0.227 e. The quantitative estimate of drug-likeness (QED) is 0.902. The number of hydrogen-bond acceptors (Lipinski definition) is 5. The molecular weight excluding hydrogens is 318 g/mol. The van der Waals surface area contributed by atoms with E-state index in [0.717, 1.165) is 48.0 Å². The SMILES string of the molecule is Cc1noc(C)c1COc1ccc(CC(=O)N2CCNCC2C)cc1. The van der Waals surface area contributed by atoms with Gasteiger partial charge in [-0.1, -0.05) is 17.3 Å². The van der Waals surface area contributed by atoms with Crippen LogP contribution in [-0.4, -0.2) is 41.6 Å². The molecule has 1 atom stereocenters. The second-order valence-corrected chi connectivity index (χ2v) is 6.55. The Kier molecular flexibility index (Phi) is 5.38. The molecule has 0 spiro atoms. The van der Waals surface area contributed by atoms with Gasteiger partial charge in [0.15, 0.2) is 0 Å². The number of nitrogens with one attached hydrogen (secondary N) is 1. The molecule has 6 heteroatoms. The smallest absolute Gasteiger partial charge is 0.227 e. The Bertz CT molecular complexity index is 705. The summed E-state index contributed by atoms with van der Waals surface area (Å²) in [5, 5.41) is 7.23. The molecule has 1 N–H and O–H groups in total. The predicted octanol–water partition coefficient (Wildman–Crippen LogP) is 2.23. The monoisotopic (exact) mass is 343 g/mol.